The van der Waals surface area contributed by atoms with E-state index in [0.29, 0.717) is 28.0 Å². The van der Waals surface area contributed by atoms with Crippen molar-refractivity contribution in [2.24, 2.45) is 5.10 Å². The van der Waals surface area contributed by atoms with Crippen LogP contribution in [0.1, 0.15) is 37.6 Å². The van der Waals surface area contributed by atoms with E-state index in [2.05, 4.69) is 26.0 Å². The molecule has 0 saturated carbocycles. The second kappa shape index (κ2) is 9.74. The van der Waals surface area contributed by atoms with Gasteiger partial charge in [0.25, 0.3) is 5.56 Å². The van der Waals surface area contributed by atoms with Crippen LogP contribution in [0, 0.1) is 0 Å². The third kappa shape index (κ3) is 4.93. The van der Waals surface area contributed by atoms with Gasteiger partial charge in [0.15, 0.2) is 18.1 Å². The Balaban J connectivity index is 2.16. The summed E-state index contributed by atoms with van der Waals surface area (Å²) in [5, 5.41) is 13.8. The minimum absolute atomic E-state index is 0.00839. The Morgan fingerprint density at radius 3 is 2.81 bits per heavy atom. The van der Waals surface area contributed by atoms with Crippen molar-refractivity contribution < 1.29 is 19.4 Å². The number of halogens is 1. The summed E-state index contributed by atoms with van der Waals surface area (Å²) in [5.41, 5.74) is 0.771. The van der Waals surface area contributed by atoms with Gasteiger partial charge in [0.05, 0.1) is 24.2 Å². The molecular formula is C22H22BrN3O5. The number of ether oxygens (including phenoxy) is 2. The molecule has 0 aliphatic carbocycles. The first-order chi connectivity index (χ1) is 14.8. The monoisotopic (exact) mass is 487 g/mol. The molecule has 2 aromatic carbocycles. The number of carboxylic acids is 1. The van der Waals surface area contributed by atoms with Gasteiger partial charge >= 0.3 is 5.97 Å². The van der Waals surface area contributed by atoms with Crippen molar-refractivity contribution in [2.45, 2.75) is 26.2 Å². The standard InChI is InChI=1S/C22H22BrN3O5/c1-4-13(2)21-25-17-9-8-15(23)10-16(17)22(29)26(21)24-11-14-6-5-7-18(30-3)20(14)31-12-19(27)28/h5-11,13H,4,12H2,1-3H3,(H,27,28)/t13-/m0/s1. The molecule has 8 nitrogen and oxygen atoms in total. The number of hydrogen-bond acceptors (Lipinski definition) is 6. The second-order valence-electron chi connectivity index (χ2n) is 6.86. The fourth-order valence-corrected chi connectivity index (χ4v) is 3.34. The summed E-state index contributed by atoms with van der Waals surface area (Å²) in [6, 6.07) is 10.4. The first-order valence-electron chi connectivity index (χ1n) is 9.63. The summed E-state index contributed by atoms with van der Waals surface area (Å²) in [5.74, 6) is -0.000155. The van der Waals surface area contributed by atoms with E-state index in [1.165, 1.54) is 18.0 Å². The lowest BCUT2D eigenvalue weighted by Crippen LogP contribution is -2.23. The minimum atomic E-state index is -1.12. The van der Waals surface area contributed by atoms with E-state index < -0.39 is 12.6 Å². The summed E-state index contributed by atoms with van der Waals surface area (Å²) in [4.78, 5) is 28.8. The normalized spacial score (nSPS) is 12.3. The molecule has 0 fully saturated rings. The second-order valence-corrected chi connectivity index (χ2v) is 7.78. The van der Waals surface area contributed by atoms with Gasteiger partial charge in [0, 0.05) is 16.0 Å². The number of carboxylic acid groups (broad SMARTS) is 1. The van der Waals surface area contributed by atoms with Gasteiger partial charge in [-0.1, -0.05) is 35.8 Å². The summed E-state index contributed by atoms with van der Waals surface area (Å²) >= 11 is 3.39. The maximum absolute atomic E-state index is 13.2. The van der Waals surface area contributed by atoms with Crippen LogP contribution >= 0.6 is 15.9 Å². The average molecular weight is 488 g/mol. The SMILES string of the molecule is CC[C@H](C)c1nc2ccc(Br)cc2c(=O)n1N=Cc1cccc(OC)c1OCC(=O)O. The van der Waals surface area contributed by atoms with E-state index in [4.69, 9.17) is 14.6 Å². The molecule has 1 N–H and O–H groups in total. The molecular weight excluding hydrogens is 466 g/mol. The number of para-hydroxylation sites is 1. The van der Waals surface area contributed by atoms with Gasteiger partial charge in [-0.25, -0.2) is 9.78 Å². The van der Waals surface area contributed by atoms with Crippen molar-refractivity contribution in [3.63, 3.8) is 0 Å². The van der Waals surface area contributed by atoms with Crippen molar-refractivity contribution in [3.8, 4) is 11.5 Å². The lowest BCUT2D eigenvalue weighted by Gasteiger charge is -2.14. The van der Waals surface area contributed by atoms with E-state index in [9.17, 15) is 9.59 Å². The van der Waals surface area contributed by atoms with Crippen molar-refractivity contribution in [3.05, 3.63) is 62.6 Å². The topological polar surface area (TPSA) is 103 Å². The van der Waals surface area contributed by atoms with E-state index in [1.807, 2.05) is 19.9 Å². The molecule has 0 radical (unpaired) electrons. The molecule has 0 saturated heterocycles. The molecule has 31 heavy (non-hydrogen) atoms. The molecule has 0 aliphatic rings. The average Bonchev–Trinajstić information content (AvgIpc) is 2.76. The minimum Gasteiger partial charge on any atom is -0.493 e. The zero-order valence-electron chi connectivity index (χ0n) is 17.3. The van der Waals surface area contributed by atoms with Crippen LogP contribution in [0.4, 0.5) is 0 Å². The fourth-order valence-electron chi connectivity index (χ4n) is 2.98. The smallest absolute Gasteiger partial charge is 0.341 e. The van der Waals surface area contributed by atoms with Gasteiger partial charge in [0.2, 0.25) is 0 Å². The summed E-state index contributed by atoms with van der Waals surface area (Å²) in [6.45, 7) is 3.45. The number of aromatic nitrogens is 2. The third-order valence-electron chi connectivity index (χ3n) is 4.77. The number of fused-ring (bicyclic) bond motifs is 1. The van der Waals surface area contributed by atoms with Crippen molar-refractivity contribution >= 4 is 39.0 Å². The molecule has 0 amide bonds. The lowest BCUT2D eigenvalue weighted by molar-refractivity contribution is -0.139. The Labute approximate surface area is 187 Å². The van der Waals surface area contributed by atoms with Gasteiger partial charge in [-0.05, 0) is 36.8 Å². The number of benzene rings is 2. The van der Waals surface area contributed by atoms with Gasteiger partial charge in [-0.3, -0.25) is 4.79 Å². The van der Waals surface area contributed by atoms with E-state index in [1.54, 1.807) is 30.3 Å². The lowest BCUT2D eigenvalue weighted by atomic mass is 10.1. The molecule has 162 valence electrons. The van der Waals surface area contributed by atoms with Gasteiger partial charge in [-0.15, -0.1) is 0 Å². The van der Waals surface area contributed by atoms with Crippen molar-refractivity contribution in [1.82, 2.24) is 9.66 Å². The van der Waals surface area contributed by atoms with E-state index >= 15 is 0 Å². The Bertz CT molecular complexity index is 1210. The highest BCUT2D eigenvalue weighted by molar-refractivity contribution is 9.10. The van der Waals surface area contributed by atoms with Crippen LogP contribution in [0.2, 0.25) is 0 Å². The van der Waals surface area contributed by atoms with Crippen LogP contribution in [0.5, 0.6) is 11.5 Å². The number of hydrogen-bond donors (Lipinski definition) is 1. The highest BCUT2D eigenvalue weighted by atomic mass is 79.9. The predicted molar refractivity (Wildman–Crippen MR) is 122 cm³/mol. The molecule has 3 aromatic rings. The highest BCUT2D eigenvalue weighted by Crippen LogP contribution is 2.30. The molecule has 0 bridgehead atoms. The number of carbonyl (C=O) groups is 1. The van der Waals surface area contributed by atoms with Crippen LogP contribution in [-0.4, -0.2) is 40.7 Å². The first-order valence-corrected chi connectivity index (χ1v) is 10.4. The Hall–Kier alpha value is -3.20. The highest BCUT2D eigenvalue weighted by Gasteiger charge is 2.16. The maximum Gasteiger partial charge on any atom is 0.341 e. The van der Waals surface area contributed by atoms with Crippen LogP contribution < -0.4 is 15.0 Å². The molecule has 1 heterocycles. The molecule has 0 unspecified atom stereocenters. The third-order valence-corrected chi connectivity index (χ3v) is 5.26. The first kappa shape index (κ1) is 22.5. The molecule has 0 aliphatic heterocycles. The Kier molecular flexibility index (Phi) is 7.06. The van der Waals surface area contributed by atoms with Crippen LogP contribution in [0.25, 0.3) is 10.9 Å². The van der Waals surface area contributed by atoms with Gasteiger partial charge in [0.1, 0.15) is 5.82 Å². The van der Waals surface area contributed by atoms with Crippen LogP contribution in [0.15, 0.2) is 50.8 Å². The number of aliphatic carboxylic acids is 1. The number of nitrogens with zero attached hydrogens (tertiary/aromatic N) is 3. The summed E-state index contributed by atoms with van der Waals surface area (Å²) in [7, 11) is 1.46. The number of rotatable bonds is 8. The maximum atomic E-state index is 13.2. The van der Waals surface area contributed by atoms with Crippen molar-refractivity contribution in [1.29, 1.82) is 0 Å². The van der Waals surface area contributed by atoms with Crippen LogP contribution in [-0.2, 0) is 4.79 Å². The zero-order chi connectivity index (χ0) is 22.5. The van der Waals surface area contributed by atoms with Crippen LogP contribution in [0.3, 0.4) is 0 Å². The fraction of sp³-hybridized carbons (Fsp3) is 0.273. The molecule has 9 heteroatoms. The number of methoxy groups -OCH3 is 1. The summed E-state index contributed by atoms with van der Waals surface area (Å²) in [6.07, 6.45) is 2.22. The zero-order valence-corrected chi connectivity index (χ0v) is 18.9. The quantitative estimate of drug-likeness (QED) is 0.481. The molecule has 0 spiro atoms. The predicted octanol–water partition coefficient (Wildman–Crippen LogP) is 4.03. The molecule has 1 aromatic heterocycles. The van der Waals surface area contributed by atoms with Crippen molar-refractivity contribution in [2.75, 3.05) is 13.7 Å². The largest absolute Gasteiger partial charge is 0.493 e. The Morgan fingerprint density at radius 1 is 1.35 bits per heavy atom. The molecule has 1 atom stereocenters. The van der Waals surface area contributed by atoms with Gasteiger partial charge < -0.3 is 14.6 Å². The van der Waals surface area contributed by atoms with E-state index in [-0.39, 0.29) is 17.2 Å². The Morgan fingerprint density at radius 2 is 2.13 bits per heavy atom. The summed E-state index contributed by atoms with van der Waals surface area (Å²) < 4.78 is 12.7. The van der Waals surface area contributed by atoms with Gasteiger partial charge in [-0.2, -0.15) is 9.78 Å². The van der Waals surface area contributed by atoms with E-state index in [0.717, 1.165) is 10.9 Å². The molecule has 3 rings (SSSR count).